The van der Waals surface area contributed by atoms with Crippen molar-refractivity contribution < 1.29 is 9.90 Å². The highest BCUT2D eigenvalue weighted by Gasteiger charge is 2.09. The first kappa shape index (κ1) is 7.50. The van der Waals surface area contributed by atoms with E-state index in [9.17, 15) is 4.79 Å². The number of hydrogen-bond donors (Lipinski definition) is 1. The molecule has 1 N–H and O–H groups in total. The van der Waals surface area contributed by atoms with E-state index in [0.29, 0.717) is 0 Å². The lowest BCUT2D eigenvalue weighted by Crippen LogP contribution is -2.11. The van der Waals surface area contributed by atoms with Gasteiger partial charge in [-0.3, -0.25) is 4.79 Å². The zero-order valence-corrected chi connectivity index (χ0v) is 5.06. The first-order valence-corrected chi connectivity index (χ1v) is 2.67. The number of aliphatic carboxylic acids is 1. The molecule has 0 aromatic rings. The molecule has 1 atom stereocenters. The van der Waals surface area contributed by atoms with E-state index in [1.807, 2.05) is 0 Å². The van der Waals surface area contributed by atoms with Crippen LogP contribution in [0.15, 0.2) is 12.7 Å². The molecule has 3 heteroatoms. The van der Waals surface area contributed by atoms with Gasteiger partial charge in [-0.2, -0.15) is 0 Å². The summed E-state index contributed by atoms with van der Waals surface area (Å²) in [4.78, 5) is 10.0. The minimum atomic E-state index is -0.921. The van der Waals surface area contributed by atoms with Crippen molar-refractivity contribution in [2.24, 2.45) is 5.92 Å². The number of carboxylic acids is 1. The second kappa shape index (κ2) is 3.50. The van der Waals surface area contributed by atoms with Crippen LogP contribution in [0.1, 0.15) is 0 Å². The van der Waals surface area contributed by atoms with Gasteiger partial charge in [0.05, 0.1) is 5.92 Å². The Labute approximate surface area is 52.8 Å². The quantitative estimate of drug-likeness (QED) is 0.464. The number of rotatable bonds is 3. The minimum Gasteiger partial charge on any atom is -0.481 e. The van der Waals surface area contributed by atoms with E-state index in [2.05, 4.69) is 6.58 Å². The molecule has 0 amide bonds. The van der Waals surface area contributed by atoms with Crippen molar-refractivity contribution in [1.82, 2.24) is 0 Å². The molecule has 2 nitrogen and oxygen atoms in total. The predicted molar refractivity (Wildman–Crippen MR) is 32.0 cm³/mol. The fourth-order valence-corrected chi connectivity index (χ4v) is 0.488. The van der Waals surface area contributed by atoms with Crippen molar-refractivity contribution in [1.29, 1.82) is 0 Å². The molecule has 0 heterocycles. The van der Waals surface area contributed by atoms with Gasteiger partial charge in [0.2, 0.25) is 0 Å². The van der Waals surface area contributed by atoms with E-state index >= 15 is 0 Å². The molecule has 0 saturated heterocycles. The fourth-order valence-electron chi connectivity index (χ4n) is 0.230. The molecule has 0 radical (unpaired) electrons. The summed E-state index contributed by atoms with van der Waals surface area (Å²) in [7, 11) is 0. The van der Waals surface area contributed by atoms with Crippen LogP contribution in [-0.2, 0) is 4.79 Å². The maximum atomic E-state index is 10.0. The van der Waals surface area contributed by atoms with E-state index in [-0.39, 0.29) is 5.88 Å². The zero-order chi connectivity index (χ0) is 6.57. The lowest BCUT2D eigenvalue weighted by molar-refractivity contribution is -0.139. The monoisotopic (exact) mass is 134 g/mol. The first-order chi connectivity index (χ1) is 3.72. The van der Waals surface area contributed by atoms with Crippen molar-refractivity contribution >= 4 is 17.6 Å². The molecule has 0 aliphatic rings. The Balaban J connectivity index is 3.69. The zero-order valence-electron chi connectivity index (χ0n) is 4.30. The van der Waals surface area contributed by atoms with Crippen molar-refractivity contribution in [3.05, 3.63) is 12.7 Å². The van der Waals surface area contributed by atoms with Gasteiger partial charge in [0, 0.05) is 5.88 Å². The SMILES string of the molecule is C=CC(CCl)C(=O)O. The summed E-state index contributed by atoms with van der Waals surface area (Å²) in [6.45, 7) is 3.29. The van der Waals surface area contributed by atoms with Gasteiger partial charge in [0.25, 0.3) is 0 Å². The van der Waals surface area contributed by atoms with Gasteiger partial charge < -0.3 is 5.11 Å². The number of hydrogen-bond acceptors (Lipinski definition) is 1. The van der Waals surface area contributed by atoms with Crippen LogP contribution in [0.3, 0.4) is 0 Å². The highest BCUT2D eigenvalue weighted by Crippen LogP contribution is 1.99. The molecule has 0 aromatic carbocycles. The summed E-state index contributed by atoms with van der Waals surface area (Å²) in [5.74, 6) is -1.43. The van der Waals surface area contributed by atoms with Gasteiger partial charge in [0.1, 0.15) is 0 Å². The average Bonchev–Trinajstić information content (AvgIpc) is 1.69. The highest BCUT2D eigenvalue weighted by molar-refractivity contribution is 6.19. The van der Waals surface area contributed by atoms with E-state index in [4.69, 9.17) is 16.7 Å². The van der Waals surface area contributed by atoms with Gasteiger partial charge in [-0.1, -0.05) is 6.08 Å². The normalized spacial score (nSPS) is 12.6. The Morgan fingerprint density at radius 1 is 2.00 bits per heavy atom. The fraction of sp³-hybridized carbons (Fsp3) is 0.400. The molecule has 0 bridgehead atoms. The van der Waals surface area contributed by atoms with Crippen molar-refractivity contribution in [3.63, 3.8) is 0 Å². The van der Waals surface area contributed by atoms with Crippen LogP contribution in [0.4, 0.5) is 0 Å². The summed E-state index contributed by atoms with van der Waals surface area (Å²) in [6, 6.07) is 0. The van der Waals surface area contributed by atoms with Crippen LogP contribution >= 0.6 is 11.6 Å². The smallest absolute Gasteiger partial charge is 0.311 e. The molecule has 46 valence electrons. The number of carboxylic acid groups (broad SMARTS) is 1. The molecule has 0 spiro atoms. The van der Waals surface area contributed by atoms with Crippen molar-refractivity contribution in [2.75, 3.05) is 5.88 Å². The standard InChI is InChI=1S/C5H7ClO2/c1-2-4(3-6)5(7)8/h2,4H,1,3H2,(H,7,8). The van der Waals surface area contributed by atoms with E-state index < -0.39 is 11.9 Å². The van der Waals surface area contributed by atoms with Crippen LogP contribution < -0.4 is 0 Å². The summed E-state index contributed by atoms with van der Waals surface area (Å²) in [5.41, 5.74) is 0. The number of alkyl halides is 1. The van der Waals surface area contributed by atoms with Gasteiger partial charge >= 0.3 is 5.97 Å². The van der Waals surface area contributed by atoms with E-state index in [1.165, 1.54) is 6.08 Å². The van der Waals surface area contributed by atoms with Gasteiger partial charge in [-0.05, 0) is 0 Å². The van der Waals surface area contributed by atoms with Crippen LogP contribution in [0.25, 0.3) is 0 Å². The molecule has 1 unspecified atom stereocenters. The molecule has 8 heavy (non-hydrogen) atoms. The summed E-state index contributed by atoms with van der Waals surface area (Å²) >= 11 is 5.21. The molecular weight excluding hydrogens is 128 g/mol. The minimum absolute atomic E-state index is 0.0961. The Morgan fingerprint density at radius 3 is 2.50 bits per heavy atom. The second-order valence-electron chi connectivity index (χ2n) is 1.33. The summed E-state index contributed by atoms with van der Waals surface area (Å²) in [5, 5.41) is 8.22. The van der Waals surface area contributed by atoms with Crippen LogP contribution in [0.2, 0.25) is 0 Å². The molecule has 0 aromatic heterocycles. The Bertz CT molecular complexity index is 101. The molecule has 0 aliphatic heterocycles. The van der Waals surface area contributed by atoms with Crippen molar-refractivity contribution in [3.8, 4) is 0 Å². The summed E-state index contributed by atoms with van der Waals surface area (Å²) < 4.78 is 0. The maximum absolute atomic E-state index is 10.0. The van der Waals surface area contributed by atoms with E-state index in [0.717, 1.165) is 0 Å². The Morgan fingerprint density at radius 2 is 2.50 bits per heavy atom. The number of halogens is 1. The van der Waals surface area contributed by atoms with Gasteiger partial charge in [-0.25, -0.2) is 0 Å². The Kier molecular flexibility index (Phi) is 3.28. The first-order valence-electron chi connectivity index (χ1n) is 2.13. The van der Waals surface area contributed by atoms with Gasteiger partial charge in [-0.15, -0.1) is 18.2 Å². The average molecular weight is 135 g/mol. The van der Waals surface area contributed by atoms with Crippen LogP contribution in [0, 0.1) is 5.92 Å². The predicted octanol–water partition coefficient (Wildman–Crippen LogP) is 1.11. The van der Waals surface area contributed by atoms with Crippen LogP contribution in [-0.4, -0.2) is 17.0 Å². The topological polar surface area (TPSA) is 37.3 Å². The van der Waals surface area contributed by atoms with Crippen LogP contribution in [0.5, 0.6) is 0 Å². The highest BCUT2D eigenvalue weighted by atomic mass is 35.5. The third-order valence-corrected chi connectivity index (χ3v) is 1.10. The Hall–Kier alpha value is -0.500. The van der Waals surface area contributed by atoms with Gasteiger partial charge in [0.15, 0.2) is 0 Å². The largest absolute Gasteiger partial charge is 0.481 e. The number of carbonyl (C=O) groups is 1. The molecule has 0 fully saturated rings. The third-order valence-electron chi connectivity index (χ3n) is 0.768. The van der Waals surface area contributed by atoms with Crippen molar-refractivity contribution in [2.45, 2.75) is 0 Å². The molecular formula is C5H7ClO2. The molecule has 0 rings (SSSR count). The van der Waals surface area contributed by atoms with E-state index in [1.54, 1.807) is 0 Å². The summed E-state index contributed by atoms with van der Waals surface area (Å²) in [6.07, 6.45) is 1.31. The second-order valence-corrected chi connectivity index (χ2v) is 1.64. The lowest BCUT2D eigenvalue weighted by Gasteiger charge is -1.97. The molecule has 0 aliphatic carbocycles. The lowest BCUT2D eigenvalue weighted by atomic mass is 10.2. The molecule has 0 saturated carbocycles. The third kappa shape index (κ3) is 1.98. The maximum Gasteiger partial charge on any atom is 0.311 e.